The average molecular weight is 387 g/mol. The lowest BCUT2D eigenvalue weighted by Gasteiger charge is -2.27. The SMILES string of the molecule is CCn1cc(C2=NS(=O)(=O)N(C)C(C(=O)N(C)c3ccccc3)=C2)c(C)n1. The Bertz CT molecular complexity index is 1040. The van der Waals surface area contributed by atoms with Crippen molar-refractivity contribution >= 4 is 27.5 Å². The van der Waals surface area contributed by atoms with Gasteiger partial charge in [-0.15, -0.1) is 4.40 Å². The first-order valence-electron chi connectivity index (χ1n) is 8.42. The summed E-state index contributed by atoms with van der Waals surface area (Å²) in [7, 11) is -1.09. The lowest BCUT2D eigenvalue weighted by atomic mass is 10.1. The summed E-state index contributed by atoms with van der Waals surface area (Å²) in [6, 6.07) is 9.02. The molecule has 1 aromatic heterocycles. The molecule has 0 N–H and O–H groups in total. The molecule has 0 saturated heterocycles. The van der Waals surface area contributed by atoms with Gasteiger partial charge in [-0.3, -0.25) is 9.48 Å². The summed E-state index contributed by atoms with van der Waals surface area (Å²) in [5.41, 5.74) is 2.12. The third kappa shape index (κ3) is 3.50. The quantitative estimate of drug-likeness (QED) is 0.799. The molecule has 0 fully saturated rings. The maximum absolute atomic E-state index is 13.0. The number of carbonyl (C=O) groups is 1. The zero-order valence-electron chi connectivity index (χ0n) is 15.6. The Hall–Kier alpha value is -2.94. The number of para-hydroxylation sites is 1. The molecule has 0 radical (unpaired) electrons. The molecule has 2 aromatic rings. The van der Waals surface area contributed by atoms with E-state index < -0.39 is 16.1 Å². The Kier molecular flexibility index (Phi) is 4.88. The van der Waals surface area contributed by atoms with Gasteiger partial charge in [-0.1, -0.05) is 18.2 Å². The molecule has 27 heavy (non-hydrogen) atoms. The highest BCUT2D eigenvalue weighted by Gasteiger charge is 2.32. The molecule has 0 atom stereocenters. The average Bonchev–Trinajstić information content (AvgIpc) is 3.04. The third-order valence-electron chi connectivity index (χ3n) is 4.39. The highest BCUT2D eigenvalue weighted by molar-refractivity contribution is 7.88. The van der Waals surface area contributed by atoms with Gasteiger partial charge in [-0.05, 0) is 32.1 Å². The first kappa shape index (κ1) is 18.8. The van der Waals surface area contributed by atoms with Crippen LogP contribution in [0, 0.1) is 6.92 Å². The summed E-state index contributed by atoms with van der Waals surface area (Å²) in [4.78, 5) is 14.4. The van der Waals surface area contributed by atoms with Gasteiger partial charge in [0.15, 0.2) is 0 Å². The topological polar surface area (TPSA) is 87.9 Å². The Labute approximate surface area is 158 Å². The van der Waals surface area contributed by atoms with Crippen LogP contribution in [0.1, 0.15) is 18.2 Å². The van der Waals surface area contributed by atoms with Gasteiger partial charge in [0.25, 0.3) is 5.91 Å². The predicted octanol–water partition coefficient (Wildman–Crippen LogP) is 1.74. The van der Waals surface area contributed by atoms with Crippen LogP contribution in [-0.4, -0.2) is 48.2 Å². The van der Waals surface area contributed by atoms with Gasteiger partial charge in [0.05, 0.1) is 11.4 Å². The minimum atomic E-state index is -4.01. The molecule has 0 unspecified atom stereocenters. The number of hydrogen-bond acceptors (Lipinski definition) is 4. The summed E-state index contributed by atoms with van der Waals surface area (Å²) in [5, 5.41) is 4.33. The second-order valence-corrected chi connectivity index (χ2v) is 7.76. The summed E-state index contributed by atoms with van der Waals surface area (Å²) in [5.74, 6) is -0.444. The van der Waals surface area contributed by atoms with Crippen molar-refractivity contribution in [1.82, 2.24) is 14.1 Å². The first-order valence-corrected chi connectivity index (χ1v) is 9.82. The molecule has 1 aromatic carbocycles. The lowest BCUT2D eigenvalue weighted by Crippen LogP contribution is -2.39. The minimum Gasteiger partial charge on any atom is -0.310 e. The van der Waals surface area contributed by atoms with Gasteiger partial charge in [0.1, 0.15) is 5.70 Å². The molecular formula is C18H21N5O3S. The van der Waals surface area contributed by atoms with Crippen LogP contribution in [0.3, 0.4) is 0 Å². The molecule has 0 aliphatic carbocycles. The molecule has 0 saturated carbocycles. The van der Waals surface area contributed by atoms with Crippen LogP contribution in [0.5, 0.6) is 0 Å². The van der Waals surface area contributed by atoms with Gasteiger partial charge >= 0.3 is 10.2 Å². The van der Waals surface area contributed by atoms with Crippen LogP contribution in [0.15, 0.2) is 52.7 Å². The number of aromatic nitrogens is 2. The van der Waals surface area contributed by atoms with Crippen molar-refractivity contribution in [3.05, 3.63) is 59.6 Å². The van der Waals surface area contributed by atoms with E-state index in [1.54, 1.807) is 37.0 Å². The van der Waals surface area contributed by atoms with Crippen LogP contribution in [0.2, 0.25) is 0 Å². The number of anilines is 1. The molecule has 0 bridgehead atoms. The van der Waals surface area contributed by atoms with Crippen molar-refractivity contribution in [2.75, 3.05) is 19.0 Å². The van der Waals surface area contributed by atoms with Crippen molar-refractivity contribution in [2.24, 2.45) is 4.40 Å². The Balaban J connectivity index is 2.05. The largest absolute Gasteiger partial charge is 0.345 e. The predicted molar refractivity (Wildman–Crippen MR) is 104 cm³/mol. The molecule has 3 rings (SSSR count). The van der Waals surface area contributed by atoms with Crippen molar-refractivity contribution in [2.45, 2.75) is 20.4 Å². The highest BCUT2D eigenvalue weighted by Crippen LogP contribution is 2.24. The molecule has 8 nitrogen and oxygen atoms in total. The number of likely N-dealkylation sites (N-methyl/N-ethyl adjacent to an activating group) is 2. The molecule has 1 aliphatic rings. The smallest absolute Gasteiger partial charge is 0.310 e. The fourth-order valence-electron chi connectivity index (χ4n) is 2.75. The van der Waals surface area contributed by atoms with Crippen molar-refractivity contribution in [3.8, 4) is 0 Å². The van der Waals surface area contributed by atoms with Gasteiger partial charge in [0.2, 0.25) is 0 Å². The molecule has 1 aliphatic heterocycles. The Morgan fingerprint density at radius 2 is 1.89 bits per heavy atom. The molecule has 142 valence electrons. The van der Waals surface area contributed by atoms with Crippen molar-refractivity contribution < 1.29 is 13.2 Å². The van der Waals surface area contributed by atoms with Gasteiger partial charge in [-0.25, -0.2) is 4.31 Å². The Morgan fingerprint density at radius 3 is 2.48 bits per heavy atom. The van der Waals surface area contributed by atoms with Gasteiger partial charge < -0.3 is 4.90 Å². The second kappa shape index (κ2) is 6.99. The summed E-state index contributed by atoms with van der Waals surface area (Å²) >= 11 is 0. The van der Waals surface area contributed by atoms with Crippen molar-refractivity contribution in [3.63, 3.8) is 0 Å². The van der Waals surface area contributed by atoms with E-state index in [-0.39, 0.29) is 11.4 Å². The number of hydrogen-bond donors (Lipinski definition) is 0. The standard InChI is InChI=1S/C18H21N5O3S/c1-5-23-12-15(13(2)19-23)16-11-17(22(4)27(25,26)20-16)18(24)21(3)14-9-7-6-8-10-14/h6-12H,5H2,1-4H3. The third-order valence-corrected chi connectivity index (χ3v) is 5.70. The molecule has 2 heterocycles. The van der Waals surface area contributed by atoms with E-state index in [0.717, 1.165) is 4.31 Å². The van der Waals surface area contributed by atoms with Crippen LogP contribution in [0.4, 0.5) is 5.69 Å². The molecular weight excluding hydrogens is 366 g/mol. The maximum atomic E-state index is 13.0. The fourth-order valence-corrected chi connectivity index (χ4v) is 3.65. The normalized spacial score (nSPS) is 15.9. The monoisotopic (exact) mass is 387 g/mol. The number of amides is 1. The van der Waals surface area contributed by atoms with E-state index in [0.29, 0.717) is 23.5 Å². The zero-order valence-corrected chi connectivity index (χ0v) is 16.4. The van der Waals surface area contributed by atoms with E-state index in [4.69, 9.17) is 0 Å². The van der Waals surface area contributed by atoms with Crippen LogP contribution < -0.4 is 4.90 Å². The van der Waals surface area contributed by atoms with Gasteiger partial charge in [-0.2, -0.15) is 13.5 Å². The summed E-state index contributed by atoms with van der Waals surface area (Å²) in [6.45, 7) is 4.36. The van der Waals surface area contributed by atoms with E-state index >= 15 is 0 Å². The lowest BCUT2D eigenvalue weighted by molar-refractivity contribution is -0.115. The second-order valence-electron chi connectivity index (χ2n) is 6.14. The molecule has 0 spiro atoms. The fraction of sp³-hybridized carbons (Fsp3) is 0.278. The Morgan fingerprint density at radius 1 is 1.22 bits per heavy atom. The summed E-state index contributed by atoms with van der Waals surface area (Å²) in [6.07, 6.45) is 3.22. The number of rotatable bonds is 4. The maximum Gasteiger partial charge on any atom is 0.345 e. The number of benzene rings is 1. The number of carbonyl (C=O) groups excluding carboxylic acids is 1. The van der Waals surface area contributed by atoms with Crippen LogP contribution in [-0.2, 0) is 21.5 Å². The van der Waals surface area contributed by atoms with Gasteiger partial charge in [0, 0.05) is 38.1 Å². The minimum absolute atomic E-state index is 0.0231. The highest BCUT2D eigenvalue weighted by atomic mass is 32.2. The molecule has 9 heteroatoms. The van der Waals surface area contributed by atoms with Crippen molar-refractivity contribution in [1.29, 1.82) is 0 Å². The molecule has 1 amide bonds. The van der Waals surface area contributed by atoms with E-state index in [2.05, 4.69) is 9.50 Å². The number of aryl methyl sites for hydroxylation is 2. The van der Waals surface area contributed by atoms with E-state index in [1.165, 1.54) is 18.0 Å². The first-order chi connectivity index (χ1) is 12.7. The number of allylic oxidation sites excluding steroid dienone is 1. The number of nitrogens with zero attached hydrogens (tertiary/aromatic N) is 5. The zero-order chi connectivity index (χ0) is 19.8. The van der Waals surface area contributed by atoms with Crippen LogP contribution >= 0.6 is 0 Å². The summed E-state index contributed by atoms with van der Waals surface area (Å²) < 4.78 is 31.5. The van der Waals surface area contributed by atoms with E-state index in [9.17, 15) is 13.2 Å². The van der Waals surface area contributed by atoms with Crippen LogP contribution in [0.25, 0.3) is 0 Å². The van der Waals surface area contributed by atoms with E-state index in [1.807, 2.05) is 25.1 Å².